The Kier molecular flexibility index (Phi) is 5.81. The third-order valence-corrected chi connectivity index (χ3v) is 7.21. The lowest BCUT2D eigenvalue weighted by Gasteiger charge is -2.18. The summed E-state index contributed by atoms with van der Waals surface area (Å²) in [6.45, 7) is 3.17. The predicted molar refractivity (Wildman–Crippen MR) is 125 cm³/mol. The van der Waals surface area contributed by atoms with Crippen LogP contribution in [-0.2, 0) is 11.0 Å². The van der Waals surface area contributed by atoms with Crippen molar-refractivity contribution in [2.24, 2.45) is 0 Å². The first-order valence-electron chi connectivity index (χ1n) is 11.1. The van der Waals surface area contributed by atoms with Gasteiger partial charge in [-0.05, 0) is 61.6 Å². The van der Waals surface area contributed by atoms with E-state index in [1.54, 1.807) is 0 Å². The number of alkyl halides is 3. The zero-order valence-electron chi connectivity index (χ0n) is 18.4. The van der Waals surface area contributed by atoms with Gasteiger partial charge in [0.25, 0.3) is 5.91 Å². The van der Waals surface area contributed by atoms with Crippen molar-refractivity contribution in [1.82, 2.24) is 9.88 Å². The summed E-state index contributed by atoms with van der Waals surface area (Å²) >= 11 is 1.25. The molecule has 2 amide bonds. The van der Waals surface area contributed by atoms with Gasteiger partial charge in [-0.2, -0.15) is 13.2 Å². The van der Waals surface area contributed by atoms with Crippen LogP contribution in [0, 0.1) is 0 Å². The van der Waals surface area contributed by atoms with Gasteiger partial charge in [0.05, 0.1) is 21.3 Å². The Balaban J connectivity index is 1.53. The summed E-state index contributed by atoms with van der Waals surface area (Å²) in [5.41, 5.74) is 0.859. The number of thiazole rings is 1. The maximum atomic E-state index is 13.5. The van der Waals surface area contributed by atoms with E-state index in [9.17, 15) is 22.8 Å². The third-order valence-electron chi connectivity index (χ3n) is 6.27. The number of benzene rings is 2. The number of halogens is 3. The molecule has 34 heavy (non-hydrogen) atoms. The second kappa shape index (κ2) is 8.66. The largest absolute Gasteiger partial charge is 0.416 e. The highest BCUT2D eigenvalue weighted by molar-refractivity contribution is 7.22. The highest BCUT2D eigenvalue weighted by atomic mass is 32.1. The molecule has 2 aromatic carbocycles. The molecule has 1 unspecified atom stereocenters. The monoisotopic (exact) mass is 488 g/mol. The van der Waals surface area contributed by atoms with Gasteiger partial charge >= 0.3 is 6.18 Å². The third kappa shape index (κ3) is 4.65. The number of carbonyl (C=O) groups is 2. The van der Waals surface area contributed by atoms with Crippen molar-refractivity contribution in [2.75, 3.05) is 23.7 Å². The van der Waals surface area contributed by atoms with E-state index in [4.69, 9.17) is 0 Å². The number of carbonyl (C=O) groups excluding carboxylic acids is 2. The Morgan fingerprint density at radius 3 is 2.62 bits per heavy atom. The number of rotatable bonds is 5. The molecule has 2 heterocycles. The molecule has 1 aliphatic heterocycles. The van der Waals surface area contributed by atoms with Crippen molar-refractivity contribution in [2.45, 2.75) is 44.3 Å². The van der Waals surface area contributed by atoms with Crippen LogP contribution in [0.15, 0.2) is 36.4 Å². The van der Waals surface area contributed by atoms with E-state index in [1.165, 1.54) is 43.2 Å². The standard InChI is InChI=1S/C24H23F3N4O2S/c1-13(32)28-23-30-21-19(34-23)8-7-18(14-9-10-31(12-14)17-5-6-17)20(21)22(33)29-16-4-2-3-15(11-16)24(25,26)27/h2-4,7-8,11,14,17H,5-6,9-10,12H2,1H3,(H,29,33)(H,28,30,32). The Labute approximate surface area is 198 Å². The molecule has 2 fully saturated rings. The lowest BCUT2D eigenvalue weighted by atomic mass is 9.92. The summed E-state index contributed by atoms with van der Waals surface area (Å²) in [7, 11) is 0. The number of nitrogens with one attached hydrogen (secondary N) is 2. The van der Waals surface area contributed by atoms with Crippen LogP contribution in [0.5, 0.6) is 0 Å². The molecule has 3 aromatic rings. The molecule has 5 rings (SSSR count). The molecule has 178 valence electrons. The van der Waals surface area contributed by atoms with E-state index in [0.29, 0.717) is 22.3 Å². The Morgan fingerprint density at radius 2 is 1.91 bits per heavy atom. The summed E-state index contributed by atoms with van der Waals surface area (Å²) in [5.74, 6) is -0.659. The first kappa shape index (κ1) is 22.8. The average molecular weight is 489 g/mol. The zero-order chi connectivity index (χ0) is 24.0. The molecule has 6 nitrogen and oxygen atoms in total. The Bertz CT molecular complexity index is 1270. The topological polar surface area (TPSA) is 74.3 Å². The van der Waals surface area contributed by atoms with E-state index in [2.05, 4.69) is 20.5 Å². The molecular formula is C24H23F3N4O2S. The maximum Gasteiger partial charge on any atom is 0.416 e. The number of nitrogens with zero attached hydrogens (tertiary/aromatic N) is 2. The first-order valence-corrected chi connectivity index (χ1v) is 11.9. The van der Waals surface area contributed by atoms with Crippen LogP contribution in [0.4, 0.5) is 24.0 Å². The number of hydrogen-bond acceptors (Lipinski definition) is 5. The van der Waals surface area contributed by atoms with Crippen LogP contribution in [0.25, 0.3) is 10.2 Å². The normalized spacial score (nSPS) is 18.9. The van der Waals surface area contributed by atoms with E-state index in [-0.39, 0.29) is 17.5 Å². The van der Waals surface area contributed by atoms with Gasteiger partial charge in [0.2, 0.25) is 5.91 Å². The molecule has 1 saturated heterocycles. The maximum absolute atomic E-state index is 13.5. The van der Waals surface area contributed by atoms with Crippen LogP contribution < -0.4 is 10.6 Å². The van der Waals surface area contributed by atoms with Crippen LogP contribution in [0.3, 0.4) is 0 Å². The van der Waals surface area contributed by atoms with Crippen molar-refractivity contribution >= 4 is 44.2 Å². The summed E-state index contributed by atoms with van der Waals surface area (Å²) in [6.07, 6.45) is -1.22. The number of likely N-dealkylation sites (tertiary alicyclic amines) is 1. The first-order chi connectivity index (χ1) is 16.2. The van der Waals surface area contributed by atoms with E-state index in [0.717, 1.165) is 41.9 Å². The van der Waals surface area contributed by atoms with Crippen molar-refractivity contribution in [3.05, 3.63) is 53.1 Å². The van der Waals surface area contributed by atoms with Crippen LogP contribution >= 0.6 is 11.3 Å². The molecule has 0 radical (unpaired) electrons. The van der Waals surface area contributed by atoms with Gasteiger partial charge in [-0.1, -0.05) is 23.5 Å². The second-order valence-electron chi connectivity index (χ2n) is 8.82. The zero-order valence-corrected chi connectivity index (χ0v) is 19.2. The van der Waals surface area contributed by atoms with Crippen molar-refractivity contribution in [1.29, 1.82) is 0 Å². The van der Waals surface area contributed by atoms with Crippen molar-refractivity contribution < 1.29 is 22.8 Å². The minimum Gasteiger partial charge on any atom is -0.322 e. The highest BCUT2D eigenvalue weighted by Gasteiger charge is 2.37. The number of anilines is 2. The molecule has 0 bridgehead atoms. The second-order valence-corrected chi connectivity index (χ2v) is 9.85. The molecule has 1 saturated carbocycles. The Morgan fingerprint density at radius 1 is 1.12 bits per heavy atom. The van der Waals surface area contributed by atoms with E-state index in [1.807, 2.05) is 12.1 Å². The fourth-order valence-corrected chi connectivity index (χ4v) is 5.49. The summed E-state index contributed by atoms with van der Waals surface area (Å²) in [5, 5.41) is 5.68. The highest BCUT2D eigenvalue weighted by Crippen LogP contribution is 2.40. The fraction of sp³-hybridized carbons (Fsp3) is 0.375. The molecular weight excluding hydrogens is 465 g/mol. The van der Waals surface area contributed by atoms with Gasteiger partial charge in [-0.3, -0.25) is 14.5 Å². The van der Waals surface area contributed by atoms with Gasteiger partial charge in [0.15, 0.2) is 5.13 Å². The minimum absolute atomic E-state index is 0.0612. The minimum atomic E-state index is -4.51. The molecule has 1 aromatic heterocycles. The number of hydrogen-bond donors (Lipinski definition) is 2. The van der Waals surface area contributed by atoms with Gasteiger partial charge in [0.1, 0.15) is 0 Å². The Hall–Kier alpha value is -2.98. The summed E-state index contributed by atoms with van der Waals surface area (Å²) < 4.78 is 40.2. The van der Waals surface area contributed by atoms with Gasteiger partial charge in [-0.15, -0.1) is 0 Å². The number of fused-ring (bicyclic) bond motifs is 1. The summed E-state index contributed by atoms with van der Waals surface area (Å²) in [4.78, 5) is 32.0. The van der Waals surface area contributed by atoms with E-state index < -0.39 is 17.6 Å². The van der Waals surface area contributed by atoms with Crippen molar-refractivity contribution in [3.63, 3.8) is 0 Å². The number of amides is 2. The lowest BCUT2D eigenvalue weighted by Crippen LogP contribution is -2.23. The lowest BCUT2D eigenvalue weighted by molar-refractivity contribution is -0.137. The van der Waals surface area contributed by atoms with Crippen LogP contribution in [0.2, 0.25) is 0 Å². The average Bonchev–Trinajstić information content (AvgIpc) is 3.35. The predicted octanol–water partition coefficient (Wildman–Crippen LogP) is 5.48. The van der Waals surface area contributed by atoms with Gasteiger partial charge in [0, 0.05) is 25.2 Å². The van der Waals surface area contributed by atoms with Gasteiger partial charge in [-0.25, -0.2) is 4.98 Å². The molecule has 2 aliphatic rings. The summed E-state index contributed by atoms with van der Waals surface area (Å²) in [6, 6.07) is 9.01. The molecule has 1 atom stereocenters. The molecule has 1 aliphatic carbocycles. The molecule has 10 heteroatoms. The quantitative estimate of drug-likeness (QED) is 0.499. The number of aromatic nitrogens is 1. The molecule has 0 spiro atoms. The smallest absolute Gasteiger partial charge is 0.322 e. The van der Waals surface area contributed by atoms with Crippen LogP contribution in [-0.4, -0.2) is 40.8 Å². The fourth-order valence-electron chi connectivity index (χ4n) is 4.57. The van der Waals surface area contributed by atoms with Crippen LogP contribution in [0.1, 0.15) is 53.6 Å². The van der Waals surface area contributed by atoms with E-state index >= 15 is 0 Å². The molecule has 2 N–H and O–H groups in total. The SMILES string of the molecule is CC(=O)Nc1nc2c(C(=O)Nc3cccc(C(F)(F)F)c3)c(C3CCN(C4CC4)C3)ccc2s1. The van der Waals surface area contributed by atoms with Crippen molar-refractivity contribution in [3.8, 4) is 0 Å². The van der Waals surface area contributed by atoms with Gasteiger partial charge < -0.3 is 10.6 Å².